The third kappa shape index (κ3) is 5.42. The molecule has 0 radical (unpaired) electrons. The summed E-state index contributed by atoms with van der Waals surface area (Å²) in [6.45, 7) is 1.77. The Hall–Kier alpha value is -2.33. The number of carbonyl (C=O) groups excluding carboxylic acids is 2. The van der Waals surface area contributed by atoms with E-state index in [-0.39, 0.29) is 18.4 Å². The highest BCUT2D eigenvalue weighted by Crippen LogP contribution is 2.22. The Kier molecular flexibility index (Phi) is 6.18. The number of nitrogens with one attached hydrogen (secondary N) is 2. The summed E-state index contributed by atoms with van der Waals surface area (Å²) in [4.78, 5) is 23.7. The molecule has 0 saturated heterocycles. The number of hydrogen-bond donors (Lipinski definition) is 2. The maximum Gasteiger partial charge on any atom is 0.243 e. The fourth-order valence-corrected chi connectivity index (χ4v) is 2.28. The van der Waals surface area contributed by atoms with Gasteiger partial charge in [0.1, 0.15) is 0 Å². The van der Waals surface area contributed by atoms with Crippen LogP contribution in [0.15, 0.2) is 48.5 Å². The molecule has 2 N–H and O–H groups in total. The second-order valence-corrected chi connectivity index (χ2v) is 5.63. The van der Waals surface area contributed by atoms with Crippen LogP contribution in [0.2, 0.25) is 5.02 Å². The highest BCUT2D eigenvalue weighted by Gasteiger charge is 2.08. The van der Waals surface area contributed by atoms with Crippen LogP contribution in [-0.2, 0) is 16.0 Å². The summed E-state index contributed by atoms with van der Waals surface area (Å²) in [5, 5.41) is 5.96. The monoisotopic (exact) mass is 330 g/mol. The summed E-state index contributed by atoms with van der Waals surface area (Å²) in [6.07, 6.45) is 1.01. The number of halogens is 1. The molecule has 0 spiro atoms. The zero-order chi connectivity index (χ0) is 16.7. The number of rotatable bonds is 6. The SMILES string of the molecule is Cc1c(Cl)cccc1NC(=O)CNC(=O)CCc1ccccc1. The van der Waals surface area contributed by atoms with Crippen LogP contribution in [0.3, 0.4) is 0 Å². The Morgan fingerprint density at radius 3 is 2.48 bits per heavy atom. The van der Waals surface area contributed by atoms with Crippen molar-refractivity contribution in [2.24, 2.45) is 0 Å². The van der Waals surface area contributed by atoms with Crippen molar-refractivity contribution in [3.63, 3.8) is 0 Å². The zero-order valence-corrected chi connectivity index (χ0v) is 13.7. The van der Waals surface area contributed by atoms with Crippen molar-refractivity contribution in [3.05, 3.63) is 64.7 Å². The van der Waals surface area contributed by atoms with Gasteiger partial charge in [-0.3, -0.25) is 9.59 Å². The largest absolute Gasteiger partial charge is 0.347 e. The van der Waals surface area contributed by atoms with Gasteiger partial charge in [0.05, 0.1) is 6.54 Å². The van der Waals surface area contributed by atoms with E-state index in [1.165, 1.54) is 0 Å². The summed E-state index contributed by atoms with van der Waals surface area (Å²) in [5.41, 5.74) is 2.56. The third-order valence-electron chi connectivity index (χ3n) is 3.47. The van der Waals surface area contributed by atoms with Gasteiger partial charge in [0.15, 0.2) is 0 Å². The first-order chi connectivity index (χ1) is 11.1. The number of anilines is 1. The molecule has 0 unspecified atom stereocenters. The van der Waals surface area contributed by atoms with Crippen molar-refractivity contribution in [3.8, 4) is 0 Å². The van der Waals surface area contributed by atoms with E-state index in [4.69, 9.17) is 11.6 Å². The topological polar surface area (TPSA) is 58.2 Å². The van der Waals surface area contributed by atoms with Gasteiger partial charge >= 0.3 is 0 Å². The number of aryl methyl sites for hydroxylation is 1. The van der Waals surface area contributed by atoms with E-state index in [2.05, 4.69) is 10.6 Å². The predicted molar refractivity (Wildman–Crippen MR) is 92.6 cm³/mol. The van der Waals surface area contributed by atoms with Crippen LogP contribution in [0.25, 0.3) is 0 Å². The van der Waals surface area contributed by atoms with Crippen LogP contribution < -0.4 is 10.6 Å². The number of hydrogen-bond acceptors (Lipinski definition) is 2. The van der Waals surface area contributed by atoms with E-state index in [0.29, 0.717) is 23.6 Å². The Balaban J connectivity index is 1.75. The van der Waals surface area contributed by atoms with Crippen LogP contribution in [0.5, 0.6) is 0 Å². The standard InChI is InChI=1S/C18H19ClN2O2/c1-13-15(19)8-5-9-16(13)21-18(23)12-20-17(22)11-10-14-6-3-2-4-7-14/h2-9H,10-12H2,1H3,(H,20,22)(H,21,23). The maximum absolute atomic E-state index is 11.9. The number of carbonyl (C=O) groups is 2. The summed E-state index contributed by atoms with van der Waals surface area (Å²) >= 11 is 6.00. The molecule has 120 valence electrons. The molecular formula is C18H19ClN2O2. The minimum Gasteiger partial charge on any atom is -0.347 e. The lowest BCUT2D eigenvalue weighted by atomic mass is 10.1. The molecule has 2 amide bonds. The third-order valence-corrected chi connectivity index (χ3v) is 3.88. The average molecular weight is 331 g/mol. The van der Waals surface area contributed by atoms with Gasteiger partial charge in [-0.15, -0.1) is 0 Å². The van der Waals surface area contributed by atoms with Crippen molar-refractivity contribution in [2.75, 3.05) is 11.9 Å². The zero-order valence-electron chi connectivity index (χ0n) is 12.9. The van der Waals surface area contributed by atoms with Gasteiger partial charge in [-0.1, -0.05) is 48.0 Å². The Morgan fingerprint density at radius 1 is 1.00 bits per heavy atom. The van der Waals surface area contributed by atoms with Gasteiger partial charge in [-0.25, -0.2) is 0 Å². The van der Waals surface area contributed by atoms with Crippen LogP contribution in [0, 0.1) is 6.92 Å². The van der Waals surface area contributed by atoms with Crippen molar-refractivity contribution in [1.29, 1.82) is 0 Å². The quantitative estimate of drug-likeness (QED) is 0.853. The summed E-state index contributed by atoms with van der Waals surface area (Å²) in [5.74, 6) is -0.421. The first kappa shape index (κ1) is 17.0. The van der Waals surface area contributed by atoms with Gasteiger partial charge < -0.3 is 10.6 Å². The van der Waals surface area contributed by atoms with E-state index in [1.54, 1.807) is 18.2 Å². The second-order valence-electron chi connectivity index (χ2n) is 5.22. The van der Waals surface area contributed by atoms with Gasteiger partial charge in [0, 0.05) is 17.1 Å². The summed E-state index contributed by atoms with van der Waals surface area (Å²) in [6, 6.07) is 15.1. The molecule has 0 aliphatic carbocycles. The van der Waals surface area contributed by atoms with Crippen LogP contribution in [0.4, 0.5) is 5.69 Å². The molecule has 0 fully saturated rings. The molecular weight excluding hydrogens is 312 g/mol. The molecule has 4 nitrogen and oxygen atoms in total. The van der Waals surface area contributed by atoms with E-state index in [9.17, 15) is 9.59 Å². The number of benzene rings is 2. The van der Waals surface area contributed by atoms with Crippen LogP contribution in [0.1, 0.15) is 17.5 Å². The molecule has 2 rings (SSSR count). The minimum atomic E-state index is -0.275. The molecule has 0 aliphatic heterocycles. The van der Waals surface area contributed by atoms with Crippen molar-refractivity contribution >= 4 is 29.1 Å². The maximum atomic E-state index is 11.9. The molecule has 0 bridgehead atoms. The average Bonchev–Trinajstić information content (AvgIpc) is 2.56. The lowest BCUT2D eigenvalue weighted by Gasteiger charge is -2.10. The molecule has 2 aromatic rings. The molecule has 23 heavy (non-hydrogen) atoms. The van der Waals surface area contributed by atoms with Gasteiger partial charge in [-0.05, 0) is 36.6 Å². The molecule has 5 heteroatoms. The van der Waals surface area contributed by atoms with E-state index in [0.717, 1.165) is 11.1 Å². The molecule has 0 aliphatic rings. The molecule has 2 aromatic carbocycles. The Bertz CT molecular complexity index is 687. The molecule has 0 saturated carbocycles. The van der Waals surface area contributed by atoms with Crippen molar-refractivity contribution in [1.82, 2.24) is 5.32 Å². The van der Waals surface area contributed by atoms with Crippen LogP contribution in [-0.4, -0.2) is 18.4 Å². The summed E-state index contributed by atoms with van der Waals surface area (Å²) in [7, 11) is 0. The normalized spacial score (nSPS) is 10.2. The van der Waals surface area contributed by atoms with Gasteiger partial charge in [0.2, 0.25) is 11.8 Å². The van der Waals surface area contributed by atoms with E-state index in [1.807, 2.05) is 37.3 Å². The van der Waals surface area contributed by atoms with Crippen molar-refractivity contribution in [2.45, 2.75) is 19.8 Å². The fourth-order valence-electron chi connectivity index (χ4n) is 2.11. The Labute approximate surface area is 140 Å². The lowest BCUT2D eigenvalue weighted by molar-refractivity contribution is -0.124. The lowest BCUT2D eigenvalue weighted by Crippen LogP contribution is -2.33. The Morgan fingerprint density at radius 2 is 1.74 bits per heavy atom. The second kappa shape index (κ2) is 8.34. The first-order valence-electron chi connectivity index (χ1n) is 7.42. The molecule has 0 aromatic heterocycles. The minimum absolute atomic E-state index is 0.0560. The highest BCUT2D eigenvalue weighted by atomic mass is 35.5. The number of amides is 2. The van der Waals surface area contributed by atoms with E-state index < -0.39 is 0 Å². The first-order valence-corrected chi connectivity index (χ1v) is 7.79. The van der Waals surface area contributed by atoms with Gasteiger partial charge in [-0.2, -0.15) is 0 Å². The van der Waals surface area contributed by atoms with Crippen LogP contribution >= 0.6 is 11.6 Å². The predicted octanol–water partition coefficient (Wildman–Crippen LogP) is 3.34. The van der Waals surface area contributed by atoms with Crippen molar-refractivity contribution < 1.29 is 9.59 Å². The molecule has 0 atom stereocenters. The highest BCUT2D eigenvalue weighted by molar-refractivity contribution is 6.31. The molecule has 0 heterocycles. The fraction of sp³-hybridized carbons (Fsp3) is 0.222. The van der Waals surface area contributed by atoms with E-state index >= 15 is 0 Å². The van der Waals surface area contributed by atoms with Gasteiger partial charge in [0.25, 0.3) is 0 Å². The summed E-state index contributed by atoms with van der Waals surface area (Å²) < 4.78 is 0. The smallest absolute Gasteiger partial charge is 0.243 e.